The van der Waals surface area contributed by atoms with Gasteiger partial charge in [0.1, 0.15) is 5.60 Å². The molecule has 0 aliphatic carbocycles. The van der Waals surface area contributed by atoms with E-state index in [0.29, 0.717) is 13.1 Å². The van der Waals surface area contributed by atoms with Gasteiger partial charge in [-0.1, -0.05) is 23.7 Å². The number of carbonyl (C=O) groups excluding carboxylic acids is 1. The molecule has 1 aromatic carbocycles. The van der Waals surface area contributed by atoms with Crippen molar-refractivity contribution in [1.29, 1.82) is 0 Å². The Labute approximate surface area is 142 Å². The third-order valence-electron chi connectivity index (χ3n) is 4.95. The van der Waals surface area contributed by atoms with Gasteiger partial charge >= 0.3 is 0 Å². The van der Waals surface area contributed by atoms with Gasteiger partial charge in [-0.05, 0) is 38.1 Å². The van der Waals surface area contributed by atoms with Crippen LogP contribution in [0.5, 0.6) is 0 Å². The zero-order valence-corrected chi connectivity index (χ0v) is 14.3. The van der Waals surface area contributed by atoms with E-state index in [9.17, 15) is 4.79 Å². The van der Waals surface area contributed by atoms with Crippen LogP contribution in [0.3, 0.4) is 0 Å². The molecule has 0 aromatic heterocycles. The number of piperazine rings is 1. The van der Waals surface area contributed by atoms with E-state index >= 15 is 0 Å². The molecule has 0 bridgehead atoms. The summed E-state index contributed by atoms with van der Waals surface area (Å²) in [4.78, 5) is 17.1. The van der Waals surface area contributed by atoms with E-state index in [1.807, 2.05) is 29.2 Å². The molecule has 1 N–H and O–H groups in total. The van der Waals surface area contributed by atoms with Crippen molar-refractivity contribution in [1.82, 2.24) is 10.2 Å². The molecule has 1 aromatic rings. The molecule has 126 valence electrons. The summed E-state index contributed by atoms with van der Waals surface area (Å²) in [5, 5.41) is 4.06. The molecule has 2 saturated heterocycles. The molecular weight excluding hydrogens is 314 g/mol. The highest BCUT2D eigenvalue weighted by molar-refractivity contribution is 6.33. The van der Waals surface area contributed by atoms with Crippen LogP contribution in [0.25, 0.3) is 0 Å². The van der Waals surface area contributed by atoms with Crippen LogP contribution < -0.4 is 10.2 Å². The fraction of sp³-hybridized carbons (Fsp3) is 0.588. The molecule has 0 spiro atoms. The number of nitrogens with zero attached hydrogens (tertiary/aromatic N) is 2. The highest BCUT2D eigenvalue weighted by Crippen LogP contribution is 2.28. The number of ether oxygens (including phenoxy) is 1. The monoisotopic (exact) mass is 337 g/mol. The SMILES string of the molecule is COC1(C(=O)N2CCN(c3ccccc3Cl)CC2)CCNCC1. The first-order valence-electron chi connectivity index (χ1n) is 8.21. The molecule has 0 radical (unpaired) electrons. The molecule has 5 nitrogen and oxygen atoms in total. The summed E-state index contributed by atoms with van der Waals surface area (Å²) in [6.45, 7) is 4.69. The molecule has 6 heteroatoms. The molecule has 0 saturated carbocycles. The maximum Gasteiger partial charge on any atom is 0.255 e. The second-order valence-electron chi connectivity index (χ2n) is 6.18. The number of benzene rings is 1. The molecule has 0 unspecified atom stereocenters. The number of hydrogen-bond acceptors (Lipinski definition) is 4. The lowest BCUT2D eigenvalue weighted by Crippen LogP contribution is -2.59. The van der Waals surface area contributed by atoms with Crippen LogP contribution in [0.15, 0.2) is 24.3 Å². The van der Waals surface area contributed by atoms with Crippen molar-refractivity contribution in [2.24, 2.45) is 0 Å². The highest BCUT2D eigenvalue weighted by Gasteiger charge is 2.43. The predicted octanol–water partition coefficient (Wildman–Crippen LogP) is 1.76. The van der Waals surface area contributed by atoms with Crippen LogP contribution in [0.2, 0.25) is 5.02 Å². The number of amides is 1. The minimum Gasteiger partial charge on any atom is -0.368 e. The smallest absolute Gasteiger partial charge is 0.255 e. The largest absolute Gasteiger partial charge is 0.368 e. The molecule has 0 atom stereocenters. The summed E-state index contributed by atoms with van der Waals surface area (Å²) in [6, 6.07) is 7.87. The van der Waals surface area contributed by atoms with Gasteiger partial charge in [0.05, 0.1) is 10.7 Å². The third-order valence-corrected chi connectivity index (χ3v) is 5.27. The van der Waals surface area contributed by atoms with Crippen LogP contribution in [0.1, 0.15) is 12.8 Å². The van der Waals surface area contributed by atoms with Crippen LogP contribution >= 0.6 is 11.6 Å². The Balaban J connectivity index is 1.64. The number of methoxy groups -OCH3 is 1. The Kier molecular flexibility index (Phi) is 5.09. The van der Waals surface area contributed by atoms with E-state index < -0.39 is 5.60 Å². The average Bonchev–Trinajstić information content (AvgIpc) is 2.62. The second kappa shape index (κ2) is 7.07. The first-order chi connectivity index (χ1) is 11.2. The van der Waals surface area contributed by atoms with Gasteiger partial charge < -0.3 is 19.9 Å². The summed E-state index contributed by atoms with van der Waals surface area (Å²) in [5.41, 5.74) is 0.405. The molecule has 1 amide bonds. The van der Waals surface area contributed by atoms with E-state index in [-0.39, 0.29) is 5.91 Å². The molecule has 2 fully saturated rings. The van der Waals surface area contributed by atoms with Crippen molar-refractivity contribution in [3.8, 4) is 0 Å². The van der Waals surface area contributed by atoms with E-state index in [1.165, 1.54) is 0 Å². The first kappa shape index (κ1) is 16.6. The van der Waals surface area contributed by atoms with Crippen LogP contribution in [0, 0.1) is 0 Å². The van der Waals surface area contributed by atoms with E-state index in [0.717, 1.165) is 49.7 Å². The number of halogens is 1. The molecule has 2 aliphatic rings. The molecule has 3 rings (SSSR count). The number of carbonyl (C=O) groups is 1. The van der Waals surface area contributed by atoms with Crippen molar-refractivity contribution in [3.05, 3.63) is 29.3 Å². The third kappa shape index (κ3) is 3.32. The lowest BCUT2D eigenvalue weighted by atomic mass is 9.90. The Morgan fingerprint density at radius 3 is 2.43 bits per heavy atom. The van der Waals surface area contributed by atoms with Crippen molar-refractivity contribution < 1.29 is 9.53 Å². The van der Waals surface area contributed by atoms with Gasteiger partial charge in [0.25, 0.3) is 5.91 Å². The van der Waals surface area contributed by atoms with Crippen molar-refractivity contribution in [2.45, 2.75) is 18.4 Å². The average molecular weight is 338 g/mol. The predicted molar refractivity (Wildman–Crippen MR) is 92.1 cm³/mol. The zero-order chi connectivity index (χ0) is 16.3. The fourth-order valence-corrected chi connectivity index (χ4v) is 3.74. The standard InChI is InChI=1S/C17H24ClN3O2/c1-23-17(6-8-19-9-7-17)16(22)21-12-10-20(11-13-21)15-5-3-2-4-14(15)18/h2-5,19H,6-13H2,1H3. The lowest BCUT2D eigenvalue weighted by Gasteiger charge is -2.42. The number of anilines is 1. The summed E-state index contributed by atoms with van der Waals surface area (Å²) >= 11 is 6.27. The van der Waals surface area contributed by atoms with Gasteiger partial charge in [0.2, 0.25) is 0 Å². The Bertz CT molecular complexity index is 553. The summed E-state index contributed by atoms with van der Waals surface area (Å²) in [6.07, 6.45) is 1.49. The van der Waals surface area contributed by atoms with Gasteiger partial charge in [0, 0.05) is 33.3 Å². The number of hydrogen-bond donors (Lipinski definition) is 1. The maximum absolute atomic E-state index is 12.9. The van der Waals surface area contributed by atoms with Crippen LogP contribution in [-0.4, -0.2) is 62.8 Å². The summed E-state index contributed by atoms with van der Waals surface area (Å²) < 4.78 is 5.66. The molecule has 2 aliphatic heterocycles. The summed E-state index contributed by atoms with van der Waals surface area (Å²) in [7, 11) is 1.66. The van der Waals surface area contributed by atoms with Gasteiger partial charge in [-0.2, -0.15) is 0 Å². The minimum atomic E-state index is -0.641. The van der Waals surface area contributed by atoms with Gasteiger partial charge in [0.15, 0.2) is 0 Å². The van der Waals surface area contributed by atoms with Crippen molar-refractivity contribution >= 4 is 23.2 Å². The van der Waals surface area contributed by atoms with Crippen molar-refractivity contribution in [3.63, 3.8) is 0 Å². The molecule has 23 heavy (non-hydrogen) atoms. The highest BCUT2D eigenvalue weighted by atomic mass is 35.5. The van der Waals surface area contributed by atoms with Gasteiger partial charge in [-0.3, -0.25) is 4.79 Å². The van der Waals surface area contributed by atoms with Gasteiger partial charge in [-0.15, -0.1) is 0 Å². The Morgan fingerprint density at radius 1 is 1.17 bits per heavy atom. The van der Waals surface area contributed by atoms with Gasteiger partial charge in [-0.25, -0.2) is 0 Å². The molecule has 2 heterocycles. The Hall–Kier alpha value is -1.30. The Morgan fingerprint density at radius 2 is 1.83 bits per heavy atom. The van der Waals surface area contributed by atoms with E-state index in [1.54, 1.807) is 7.11 Å². The number of piperidine rings is 1. The first-order valence-corrected chi connectivity index (χ1v) is 8.59. The van der Waals surface area contributed by atoms with E-state index in [4.69, 9.17) is 16.3 Å². The van der Waals surface area contributed by atoms with Crippen molar-refractivity contribution in [2.75, 3.05) is 51.3 Å². The topological polar surface area (TPSA) is 44.8 Å². The number of nitrogens with one attached hydrogen (secondary N) is 1. The number of para-hydroxylation sites is 1. The number of rotatable bonds is 3. The molecular formula is C17H24ClN3O2. The van der Waals surface area contributed by atoms with E-state index in [2.05, 4.69) is 10.2 Å². The quantitative estimate of drug-likeness (QED) is 0.913. The maximum atomic E-state index is 12.9. The fourth-order valence-electron chi connectivity index (χ4n) is 3.48. The zero-order valence-electron chi connectivity index (χ0n) is 13.6. The lowest BCUT2D eigenvalue weighted by molar-refractivity contribution is -0.158. The second-order valence-corrected chi connectivity index (χ2v) is 6.59. The summed E-state index contributed by atoms with van der Waals surface area (Å²) in [5.74, 6) is 0.139. The normalized spacial score (nSPS) is 21.3. The van der Waals surface area contributed by atoms with Crippen LogP contribution in [0.4, 0.5) is 5.69 Å². The minimum absolute atomic E-state index is 0.139. The van der Waals surface area contributed by atoms with Crippen LogP contribution in [-0.2, 0) is 9.53 Å².